The predicted molar refractivity (Wildman–Crippen MR) is 96.2 cm³/mol. The Balaban J connectivity index is 2.27. The van der Waals surface area contributed by atoms with Gasteiger partial charge in [-0.25, -0.2) is 10.5 Å². The molecule has 0 radical (unpaired) electrons. The molecule has 128 valence electrons. The quantitative estimate of drug-likeness (QED) is 0.631. The zero-order chi connectivity index (χ0) is 17.7. The zero-order valence-corrected chi connectivity index (χ0v) is 14.6. The van der Waals surface area contributed by atoms with Crippen molar-refractivity contribution < 1.29 is 4.79 Å². The molecule has 1 heterocycles. The third-order valence-electron chi connectivity index (χ3n) is 3.51. The molecule has 0 saturated carbocycles. The number of carbonyl (C=O) groups excluding carboxylic acids is 1. The van der Waals surface area contributed by atoms with Crippen molar-refractivity contribution in [2.24, 2.45) is 16.9 Å². The second-order valence-corrected chi connectivity index (χ2v) is 6.76. The fourth-order valence-electron chi connectivity index (χ4n) is 2.59. The molecule has 0 aliphatic rings. The molecule has 1 aromatic heterocycles. The van der Waals surface area contributed by atoms with Crippen LogP contribution in [-0.4, -0.2) is 21.8 Å². The molecule has 24 heavy (non-hydrogen) atoms. The highest BCUT2D eigenvalue weighted by Gasteiger charge is 2.14. The number of rotatable bonds is 6. The van der Waals surface area contributed by atoms with Gasteiger partial charge in [-0.1, -0.05) is 45.9 Å². The number of amides is 1. The van der Waals surface area contributed by atoms with Gasteiger partial charge in [0.2, 0.25) is 0 Å². The SMILES string of the molecule is CC(C)CC(CC(C)C)=NNC(=O)c1n[nH]c(=O)c2ccccc12. The van der Waals surface area contributed by atoms with Gasteiger partial charge < -0.3 is 0 Å². The van der Waals surface area contributed by atoms with Crippen molar-refractivity contribution in [2.45, 2.75) is 40.5 Å². The largest absolute Gasteiger partial charge is 0.292 e. The maximum atomic E-state index is 12.4. The van der Waals surface area contributed by atoms with Crippen molar-refractivity contribution in [3.63, 3.8) is 0 Å². The number of H-pyrrole nitrogens is 1. The lowest BCUT2D eigenvalue weighted by atomic mass is 9.99. The van der Waals surface area contributed by atoms with Crippen molar-refractivity contribution >= 4 is 22.4 Å². The minimum atomic E-state index is -0.424. The van der Waals surface area contributed by atoms with E-state index in [2.05, 4.69) is 48.4 Å². The Morgan fingerprint density at radius 1 is 1.12 bits per heavy atom. The lowest BCUT2D eigenvalue weighted by molar-refractivity contribution is 0.0950. The molecule has 1 amide bonds. The van der Waals surface area contributed by atoms with Crippen molar-refractivity contribution in [3.05, 3.63) is 40.3 Å². The molecule has 0 aliphatic heterocycles. The first-order chi connectivity index (χ1) is 11.4. The molecule has 0 atom stereocenters. The molecule has 2 aromatic rings. The number of fused-ring (bicyclic) bond motifs is 1. The Kier molecular flexibility index (Phi) is 5.84. The van der Waals surface area contributed by atoms with Crippen molar-refractivity contribution in [3.8, 4) is 0 Å². The summed E-state index contributed by atoms with van der Waals surface area (Å²) in [5.41, 5.74) is 3.40. The third-order valence-corrected chi connectivity index (χ3v) is 3.51. The lowest BCUT2D eigenvalue weighted by Gasteiger charge is -2.11. The van der Waals surface area contributed by atoms with Crippen molar-refractivity contribution in [2.75, 3.05) is 0 Å². The van der Waals surface area contributed by atoms with E-state index in [9.17, 15) is 9.59 Å². The van der Waals surface area contributed by atoms with Crippen LogP contribution in [0.1, 0.15) is 51.0 Å². The summed E-state index contributed by atoms with van der Waals surface area (Å²) >= 11 is 0. The predicted octanol–water partition coefficient (Wildman–Crippen LogP) is 3.10. The number of carbonyl (C=O) groups is 1. The standard InChI is InChI=1S/C18H24N4O2/c1-11(2)9-13(10-12(3)4)19-22-18(24)16-14-7-5-6-8-15(14)17(23)21-20-16/h5-8,11-12H,9-10H2,1-4H3,(H,21,23)(H,22,24). The van der Waals surface area contributed by atoms with Crippen LogP contribution < -0.4 is 11.0 Å². The topological polar surface area (TPSA) is 87.2 Å². The Labute approximate surface area is 141 Å². The number of hydrazone groups is 1. The Morgan fingerprint density at radius 2 is 1.71 bits per heavy atom. The fraction of sp³-hybridized carbons (Fsp3) is 0.444. The Hall–Kier alpha value is -2.50. The normalized spacial score (nSPS) is 11.1. The average molecular weight is 328 g/mol. The van der Waals surface area contributed by atoms with Crippen LogP contribution in [0.3, 0.4) is 0 Å². The van der Waals surface area contributed by atoms with E-state index in [1.165, 1.54) is 0 Å². The Morgan fingerprint density at radius 3 is 2.29 bits per heavy atom. The zero-order valence-electron chi connectivity index (χ0n) is 14.6. The van der Waals surface area contributed by atoms with E-state index < -0.39 is 5.91 Å². The summed E-state index contributed by atoms with van der Waals surface area (Å²) < 4.78 is 0. The highest BCUT2D eigenvalue weighted by molar-refractivity contribution is 6.05. The number of aromatic amines is 1. The van der Waals surface area contributed by atoms with Gasteiger partial charge in [-0.05, 0) is 30.7 Å². The van der Waals surface area contributed by atoms with Gasteiger partial charge in [-0.2, -0.15) is 10.2 Å². The molecule has 2 rings (SSSR count). The van der Waals surface area contributed by atoms with Gasteiger partial charge in [0.1, 0.15) is 0 Å². The molecule has 0 bridgehead atoms. The molecular weight excluding hydrogens is 304 g/mol. The smallest absolute Gasteiger partial charge is 0.267 e. The van der Waals surface area contributed by atoms with Crippen LogP contribution in [0.25, 0.3) is 10.8 Å². The van der Waals surface area contributed by atoms with E-state index in [4.69, 9.17) is 0 Å². The first-order valence-corrected chi connectivity index (χ1v) is 8.21. The number of benzene rings is 1. The van der Waals surface area contributed by atoms with E-state index in [1.807, 2.05) is 0 Å². The second-order valence-electron chi connectivity index (χ2n) is 6.76. The fourth-order valence-corrected chi connectivity index (χ4v) is 2.59. The van der Waals surface area contributed by atoms with Crippen LogP contribution in [0, 0.1) is 11.8 Å². The van der Waals surface area contributed by atoms with Gasteiger partial charge in [-0.3, -0.25) is 9.59 Å². The van der Waals surface area contributed by atoms with E-state index in [0.29, 0.717) is 22.6 Å². The van der Waals surface area contributed by atoms with E-state index >= 15 is 0 Å². The highest BCUT2D eigenvalue weighted by atomic mass is 16.2. The van der Waals surface area contributed by atoms with Crippen LogP contribution in [0.2, 0.25) is 0 Å². The molecule has 6 heteroatoms. The molecule has 0 fully saturated rings. The number of aromatic nitrogens is 2. The van der Waals surface area contributed by atoms with E-state index in [1.54, 1.807) is 24.3 Å². The van der Waals surface area contributed by atoms with Gasteiger partial charge in [0.25, 0.3) is 11.5 Å². The van der Waals surface area contributed by atoms with Gasteiger partial charge in [0.05, 0.1) is 5.39 Å². The second kappa shape index (κ2) is 7.86. The van der Waals surface area contributed by atoms with Gasteiger partial charge in [0, 0.05) is 11.1 Å². The number of nitrogens with zero attached hydrogens (tertiary/aromatic N) is 2. The van der Waals surface area contributed by atoms with Crippen LogP contribution in [-0.2, 0) is 0 Å². The van der Waals surface area contributed by atoms with Gasteiger partial charge in [0.15, 0.2) is 5.69 Å². The summed E-state index contributed by atoms with van der Waals surface area (Å²) in [6.07, 6.45) is 1.66. The molecule has 0 aliphatic carbocycles. The Bertz CT molecular complexity index is 794. The monoisotopic (exact) mass is 328 g/mol. The van der Waals surface area contributed by atoms with E-state index in [0.717, 1.165) is 18.6 Å². The number of hydrogen-bond donors (Lipinski definition) is 2. The molecule has 1 aromatic carbocycles. The van der Waals surface area contributed by atoms with Crippen LogP contribution >= 0.6 is 0 Å². The molecular formula is C18H24N4O2. The molecule has 2 N–H and O–H groups in total. The third kappa shape index (κ3) is 4.50. The molecule has 0 saturated heterocycles. The summed E-state index contributed by atoms with van der Waals surface area (Å²) in [6, 6.07) is 6.89. The summed E-state index contributed by atoms with van der Waals surface area (Å²) in [6.45, 7) is 8.48. The summed E-state index contributed by atoms with van der Waals surface area (Å²) in [7, 11) is 0. The molecule has 0 unspecified atom stereocenters. The lowest BCUT2D eigenvalue weighted by Crippen LogP contribution is -2.24. The van der Waals surface area contributed by atoms with Crippen LogP contribution in [0.5, 0.6) is 0 Å². The molecule has 6 nitrogen and oxygen atoms in total. The van der Waals surface area contributed by atoms with Gasteiger partial charge >= 0.3 is 0 Å². The first-order valence-electron chi connectivity index (χ1n) is 8.21. The number of hydrogen-bond acceptors (Lipinski definition) is 4. The molecule has 0 spiro atoms. The van der Waals surface area contributed by atoms with Gasteiger partial charge in [-0.15, -0.1) is 0 Å². The minimum Gasteiger partial charge on any atom is -0.267 e. The van der Waals surface area contributed by atoms with Crippen molar-refractivity contribution in [1.82, 2.24) is 15.6 Å². The maximum absolute atomic E-state index is 12.4. The van der Waals surface area contributed by atoms with Crippen molar-refractivity contribution in [1.29, 1.82) is 0 Å². The summed E-state index contributed by atoms with van der Waals surface area (Å²) in [4.78, 5) is 24.2. The maximum Gasteiger partial charge on any atom is 0.292 e. The number of nitrogens with one attached hydrogen (secondary N) is 2. The average Bonchev–Trinajstić information content (AvgIpc) is 2.52. The summed E-state index contributed by atoms with van der Waals surface area (Å²) in [5.74, 6) is 0.505. The van der Waals surface area contributed by atoms with E-state index in [-0.39, 0.29) is 11.3 Å². The van der Waals surface area contributed by atoms with Crippen LogP contribution in [0.4, 0.5) is 0 Å². The highest BCUT2D eigenvalue weighted by Crippen LogP contribution is 2.13. The minimum absolute atomic E-state index is 0.169. The summed E-state index contributed by atoms with van der Waals surface area (Å²) in [5, 5.41) is 11.5. The first kappa shape index (κ1) is 17.8. The van der Waals surface area contributed by atoms with Crippen LogP contribution in [0.15, 0.2) is 34.2 Å².